The predicted octanol–water partition coefficient (Wildman–Crippen LogP) is 2.42. The number of hydrogen-bond acceptors (Lipinski definition) is 2. The SMILES string of the molecule is CC1(C)CCCN1C(=O)c1ccc(F)c(N)c1. The highest BCUT2D eigenvalue weighted by Crippen LogP contribution is 2.30. The molecule has 2 N–H and O–H groups in total. The maximum absolute atomic E-state index is 13.0. The predicted molar refractivity (Wildman–Crippen MR) is 65.2 cm³/mol. The molecule has 3 nitrogen and oxygen atoms in total. The van der Waals surface area contributed by atoms with E-state index in [-0.39, 0.29) is 17.1 Å². The van der Waals surface area contributed by atoms with Crippen molar-refractivity contribution in [2.24, 2.45) is 0 Å². The largest absolute Gasteiger partial charge is 0.396 e. The van der Waals surface area contributed by atoms with Gasteiger partial charge in [0.05, 0.1) is 5.69 Å². The van der Waals surface area contributed by atoms with Gasteiger partial charge in [-0.3, -0.25) is 4.79 Å². The van der Waals surface area contributed by atoms with Crippen LogP contribution in [0.25, 0.3) is 0 Å². The summed E-state index contributed by atoms with van der Waals surface area (Å²) in [4.78, 5) is 14.1. The average molecular weight is 236 g/mol. The molecule has 0 atom stereocenters. The fraction of sp³-hybridized carbons (Fsp3) is 0.462. The van der Waals surface area contributed by atoms with Crippen LogP contribution in [-0.2, 0) is 0 Å². The Morgan fingerprint density at radius 2 is 2.18 bits per heavy atom. The summed E-state index contributed by atoms with van der Waals surface area (Å²) in [6.07, 6.45) is 2.00. The standard InChI is InChI=1S/C13H17FN2O/c1-13(2)6-3-7-16(13)12(17)9-4-5-10(14)11(15)8-9/h4-5,8H,3,6-7,15H2,1-2H3. The molecule has 0 radical (unpaired) electrons. The number of carbonyl (C=O) groups excluding carboxylic acids is 1. The third-order valence-electron chi connectivity index (χ3n) is 3.39. The smallest absolute Gasteiger partial charge is 0.254 e. The number of hydrogen-bond donors (Lipinski definition) is 1. The van der Waals surface area contributed by atoms with Crippen molar-refractivity contribution in [3.05, 3.63) is 29.6 Å². The molecule has 1 aliphatic heterocycles. The van der Waals surface area contributed by atoms with Crippen LogP contribution in [0.4, 0.5) is 10.1 Å². The third kappa shape index (κ3) is 2.12. The normalized spacial score (nSPS) is 18.4. The summed E-state index contributed by atoms with van der Waals surface area (Å²) < 4.78 is 13.0. The van der Waals surface area contributed by atoms with Gasteiger partial charge in [-0.25, -0.2) is 4.39 Å². The molecule has 1 aromatic carbocycles. The highest BCUT2D eigenvalue weighted by Gasteiger charge is 2.35. The van der Waals surface area contributed by atoms with Gasteiger partial charge in [-0.15, -0.1) is 0 Å². The number of anilines is 1. The van der Waals surface area contributed by atoms with Crippen molar-refractivity contribution in [1.82, 2.24) is 4.90 Å². The molecule has 0 unspecified atom stereocenters. The van der Waals surface area contributed by atoms with Gasteiger partial charge in [0.2, 0.25) is 0 Å². The number of nitrogens with two attached hydrogens (primary N) is 1. The number of amides is 1. The average Bonchev–Trinajstić information content (AvgIpc) is 2.61. The quantitative estimate of drug-likeness (QED) is 0.761. The minimum atomic E-state index is -0.484. The van der Waals surface area contributed by atoms with Crippen LogP contribution in [0.1, 0.15) is 37.0 Å². The molecular formula is C13H17FN2O. The van der Waals surface area contributed by atoms with Gasteiger partial charge in [0, 0.05) is 17.6 Å². The van der Waals surface area contributed by atoms with E-state index in [0.717, 1.165) is 19.4 Å². The van der Waals surface area contributed by atoms with E-state index in [2.05, 4.69) is 0 Å². The molecule has 0 aliphatic carbocycles. The first-order valence-electron chi connectivity index (χ1n) is 5.79. The number of rotatable bonds is 1. The number of halogens is 1. The van der Waals surface area contributed by atoms with E-state index in [4.69, 9.17) is 5.73 Å². The number of nitrogens with zero attached hydrogens (tertiary/aromatic N) is 1. The Balaban J connectivity index is 2.28. The highest BCUT2D eigenvalue weighted by molar-refractivity contribution is 5.95. The summed E-state index contributed by atoms with van der Waals surface area (Å²) >= 11 is 0. The van der Waals surface area contributed by atoms with E-state index in [1.54, 1.807) is 0 Å². The summed E-state index contributed by atoms with van der Waals surface area (Å²) in [7, 11) is 0. The molecule has 1 saturated heterocycles. The summed E-state index contributed by atoms with van der Waals surface area (Å²) in [5, 5.41) is 0. The molecule has 1 fully saturated rings. The molecule has 1 amide bonds. The molecule has 0 bridgehead atoms. The zero-order valence-electron chi connectivity index (χ0n) is 10.2. The Morgan fingerprint density at radius 1 is 1.47 bits per heavy atom. The second-order valence-corrected chi connectivity index (χ2v) is 5.11. The number of benzene rings is 1. The lowest BCUT2D eigenvalue weighted by atomic mass is 10.0. The number of carbonyl (C=O) groups is 1. The topological polar surface area (TPSA) is 46.3 Å². The van der Waals surface area contributed by atoms with E-state index >= 15 is 0 Å². The lowest BCUT2D eigenvalue weighted by Gasteiger charge is -2.31. The molecule has 1 aromatic rings. The Labute approximate surface area is 100 Å². The minimum absolute atomic E-state index is 0.0212. The summed E-state index contributed by atoms with van der Waals surface area (Å²) in [6.45, 7) is 4.85. The van der Waals surface area contributed by atoms with Crippen LogP contribution in [0.15, 0.2) is 18.2 Å². The molecule has 1 heterocycles. The third-order valence-corrected chi connectivity index (χ3v) is 3.39. The summed E-state index contributed by atoms with van der Waals surface area (Å²) in [5.41, 5.74) is 5.83. The first-order chi connectivity index (χ1) is 7.92. The highest BCUT2D eigenvalue weighted by atomic mass is 19.1. The molecule has 92 valence electrons. The maximum Gasteiger partial charge on any atom is 0.254 e. The second-order valence-electron chi connectivity index (χ2n) is 5.11. The van der Waals surface area contributed by atoms with Crippen LogP contribution in [0, 0.1) is 5.82 Å². The maximum atomic E-state index is 13.0. The van der Waals surface area contributed by atoms with Crippen molar-refractivity contribution in [2.45, 2.75) is 32.2 Å². The molecule has 17 heavy (non-hydrogen) atoms. The van der Waals surface area contributed by atoms with Crippen LogP contribution >= 0.6 is 0 Å². The van der Waals surface area contributed by atoms with Gasteiger partial charge in [-0.1, -0.05) is 0 Å². The fourth-order valence-electron chi connectivity index (χ4n) is 2.32. The van der Waals surface area contributed by atoms with Crippen molar-refractivity contribution in [2.75, 3.05) is 12.3 Å². The molecule has 0 aromatic heterocycles. The van der Waals surface area contributed by atoms with E-state index in [1.807, 2.05) is 18.7 Å². The van der Waals surface area contributed by atoms with Crippen LogP contribution in [0.3, 0.4) is 0 Å². The van der Waals surface area contributed by atoms with Gasteiger partial charge >= 0.3 is 0 Å². The van der Waals surface area contributed by atoms with Crippen molar-refractivity contribution >= 4 is 11.6 Å². The Bertz CT molecular complexity index is 457. The summed E-state index contributed by atoms with van der Waals surface area (Å²) in [6, 6.07) is 4.14. The number of nitrogen functional groups attached to an aromatic ring is 1. The van der Waals surface area contributed by atoms with Crippen molar-refractivity contribution in [3.8, 4) is 0 Å². The first-order valence-corrected chi connectivity index (χ1v) is 5.79. The zero-order valence-corrected chi connectivity index (χ0v) is 10.2. The van der Waals surface area contributed by atoms with Crippen LogP contribution in [-0.4, -0.2) is 22.9 Å². The van der Waals surface area contributed by atoms with Gasteiger partial charge in [-0.05, 0) is 44.9 Å². The zero-order chi connectivity index (χ0) is 12.6. The molecule has 4 heteroatoms. The number of likely N-dealkylation sites (tertiary alicyclic amines) is 1. The van der Waals surface area contributed by atoms with Crippen LogP contribution < -0.4 is 5.73 Å². The van der Waals surface area contributed by atoms with E-state index in [0.29, 0.717) is 5.56 Å². The molecule has 2 rings (SSSR count). The minimum Gasteiger partial charge on any atom is -0.396 e. The lowest BCUT2D eigenvalue weighted by molar-refractivity contribution is 0.0652. The second kappa shape index (κ2) is 4.02. The monoisotopic (exact) mass is 236 g/mol. The molecule has 0 saturated carbocycles. The molecule has 1 aliphatic rings. The van der Waals surface area contributed by atoms with Crippen LogP contribution in [0.2, 0.25) is 0 Å². The van der Waals surface area contributed by atoms with Gasteiger partial charge < -0.3 is 10.6 Å². The van der Waals surface area contributed by atoms with Crippen molar-refractivity contribution in [3.63, 3.8) is 0 Å². The van der Waals surface area contributed by atoms with E-state index in [9.17, 15) is 9.18 Å². The van der Waals surface area contributed by atoms with Gasteiger partial charge in [0.1, 0.15) is 5.82 Å². The van der Waals surface area contributed by atoms with Crippen molar-refractivity contribution in [1.29, 1.82) is 0 Å². The van der Waals surface area contributed by atoms with E-state index < -0.39 is 5.82 Å². The first kappa shape index (κ1) is 11.9. The Hall–Kier alpha value is -1.58. The Kier molecular flexibility index (Phi) is 2.81. The van der Waals surface area contributed by atoms with Gasteiger partial charge in [-0.2, -0.15) is 0 Å². The van der Waals surface area contributed by atoms with Crippen molar-refractivity contribution < 1.29 is 9.18 Å². The van der Waals surface area contributed by atoms with Gasteiger partial charge in [0.15, 0.2) is 0 Å². The lowest BCUT2D eigenvalue weighted by Crippen LogP contribution is -2.42. The fourth-order valence-corrected chi connectivity index (χ4v) is 2.32. The van der Waals surface area contributed by atoms with Gasteiger partial charge in [0.25, 0.3) is 5.91 Å². The van der Waals surface area contributed by atoms with Crippen LogP contribution in [0.5, 0.6) is 0 Å². The molecular weight excluding hydrogens is 219 g/mol. The Morgan fingerprint density at radius 3 is 2.71 bits per heavy atom. The molecule has 0 spiro atoms. The summed E-state index contributed by atoms with van der Waals surface area (Å²) in [5.74, 6) is -0.554. The van der Waals surface area contributed by atoms with E-state index in [1.165, 1.54) is 18.2 Å².